The van der Waals surface area contributed by atoms with Crippen LogP contribution in [0, 0.1) is 0 Å². The lowest BCUT2D eigenvalue weighted by molar-refractivity contribution is -0.116. The third kappa shape index (κ3) is 5.72. The fourth-order valence-corrected chi connectivity index (χ4v) is 4.34. The Kier molecular flexibility index (Phi) is 7.16. The number of carbonyl (C=O) groups excluding carboxylic acids is 1. The van der Waals surface area contributed by atoms with Crippen molar-refractivity contribution in [1.29, 1.82) is 0 Å². The zero-order chi connectivity index (χ0) is 20.9. The standard InChI is InChI=1S/C21H26ClN3O3S/c1-23-29(27,28)18-9-5-16(6-10-18)7-12-21(26)24-19-15-17(22)8-11-20(19)25-13-3-2-4-14-25/h5-6,8-11,15,23H,2-4,7,12-14H2,1H3,(H,24,26). The van der Waals surface area contributed by atoms with Gasteiger partial charge in [-0.2, -0.15) is 0 Å². The molecule has 6 nitrogen and oxygen atoms in total. The number of nitrogens with zero attached hydrogens (tertiary/aromatic N) is 1. The van der Waals surface area contributed by atoms with Crippen molar-refractivity contribution in [2.75, 3.05) is 30.4 Å². The summed E-state index contributed by atoms with van der Waals surface area (Å²) in [6.45, 7) is 1.96. The Labute approximate surface area is 177 Å². The van der Waals surface area contributed by atoms with Gasteiger partial charge in [-0.1, -0.05) is 23.7 Å². The molecule has 1 heterocycles. The summed E-state index contributed by atoms with van der Waals surface area (Å²) in [6.07, 6.45) is 4.35. The lowest BCUT2D eigenvalue weighted by Gasteiger charge is -2.30. The van der Waals surface area contributed by atoms with E-state index in [9.17, 15) is 13.2 Å². The van der Waals surface area contributed by atoms with Crippen LogP contribution in [0.15, 0.2) is 47.4 Å². The van der Waals surface area contributed by atoms with E-state index in [4.69, 9.17) is 11.6 Å². The summed E-state index contributed by atoms with van der Waals surface area (Å²) in [6, 6.07) is 12.2. The van der Waals surface area contributed by atoms with Gasteiger partial charge in [0.2, 0.25) is 15.9 Å². The number of hydrogen-bond acceptors (Lipinski definition) is 4. The number of rotatable bonds is 7. The fraction of sp³-hybridized carbons (Fsp3) is 0.381. The van der Waals surface area contributed by atoms with Crippen molar-refractivity contribution >= 4 is 38.9 Å². The van der Waals surface area contributed by atoms with Crippen LogP contribution in [-0.2, 0) is 21.2 Å². The molecule has 2 N–H and O–H groups in total. The van der Waals surface area contributed by atoms with Crippen LogP contribution >= 0.6 is 11.6 Å². The number of sulfonamides is 1. The molecule has 1 aliphatic heterocycles. The first kappa shape index (κ1) is 21.6. The van der Waals surface area contributed by atoms with Gasteiger partial charge in [0.15, 0.2) is 0 Å². The van der Waals surface area contributed by atoms with E-state index in [-0.39, 0.29) is 10.8 Å². The summed E-state index contributed by atoms with van der Waals surface area (Å²) in [5.74, 6) is -0.0996. The van der Waals surface area contributed by atoms with E-state index in [1.807, 2.05) is 12.1 Å². The van der Waals surface area contributed by atoms with E-state index >= 15 is 0 Å². The highest BCUT2D eigenvalue weighted by molar-refractivity contribution is 7.89. The van der Waals surface area contributed by atoms with E-state index in [1.165, 1.54) is 13.5 Å². The Hall–Kier alpha value is -2.09. The zero-order valence-corrected chi connectivity index (χ0v) is 18.0. The number of hydrogen-bond donors (Lipinski definition) is 2. The van der Waals surface area contributed by atoms with Crippen molar-refractivity contribution in [2.45, 2.75) is 37.0 Å². The number of halogens is 1. The Morgan fingerprint density at radius 1 is 1.07 bits per heavy atom. The number of piperidine rings is 1. The lowest BCUT2D eigenvalue weighted by Crippen LogP contribution is -2.30. The van der Waals surface area contributed by atoms with Gasteiger partial charge in [-0.3, -0.25) is 4.79 Å². The predicted octanol–water partition coefficient (Wildman–Crippen LogP) is 3.81. The van der Waals surface area contributed by atoms with Gasteiger partial charge in [0.25, 0.3) is 0 Å². The fourth-order valence-electron chi connectivity index (χ4n) is 3.44. The van der Waals surface area contributed by atoms with Gasteiger partial charge in [0.1, 0.15) is 0 Å². The minimum atomic E-state index is -3.45. The Balaban J connectivity index is 1.63. The second-order valence-electron chi connectivity index (χ2n) is 7.11. The van der Waals surface area contributed by atoms with Crippen LogP contribution in [0.5, 0.6) is 0 Å². The number of nitrogens with one attached hydrogen (secondary N) is 2. The molecule has 0 aromatic heterocycles. The molecule has 0 unspecified atom stereocenters. The van der Waals surface area contributed by atoms with Crippen LogP contribution in [0.2, 0.25) is 5.02 Å². The molecule has 0 aliphatic carbocycles. The number of aryl methyl sites for hydroxylation is 1. The van der Waals surface area contributed by atoms with Crippen LogP contribution in [0.3, 0.4) is 0 Å². The molecule has 0 spiro atoms. The summed E-state index contributed by atoms with van der Waals surface area (Å²) in [4.78, 5) is 15.0. The average Bonchev–Trinajstić information content (AvgIpc) is 2.73. The molecule has 156 valence electrons. The van der Waals surface area contributed by atoms with Crippen LogP contribution in [0.4, 0.5) is 11.4 Å². The van der Waals surface area contributed by atoms with Crippen molar-refractivity contribution in [3.8, 4) is 0 Å². The molecule has 0 atom stereocenters. The Morgan fingerprint density at radius 3 is 2.41 bits per heavy atom. The number of amides is 1. The van der Waals surface area contributed by atoms with Crippen molar-refractivity contribution < 1.29 is 13.2 Å². The SMILES string of the molecule is CNS(=O)(=O)c1ccc(CCC(=O)Nc2cc(Cl)ccc2N2CCCCC2)cc1. The second kappa shape index (κ2) is 9.61. The average molecular weight is 436 g/mol. The largest absolute Gasteiger partial charge is 0.370 e. The van der Waals surface area contributed by atoms with Gasteiger partial charge in [0, 0.05) is 24.5 Å². The van der Waals surface area contributed by atoms with Crippen molar-refractivity contribution in [2.24, 2.45) is 0 Å². The van der Waals surface area contributed by atoms with Crippen molar-refractivity contribution in [3.63, 3.8) is 0 Å². The van der Waals surface area contributed by atoms with Gasteiger partial charge < -0.3 is 10.2 Å². The molecule has 0 radical (unpaired) electrons. The van der Waals surface area contributed by atoms with Crippen LogP contribution in [-0.4, -0.2) is 34.5 Å². The topological polar surface area (TPSA) is 78.5 Å². The van der Waals surface area contributed by atoms with E-state index in [0.717, 1.165) is 42.9 Å². The third-order valence-electron chi connectivity index (χ3n) is 5.07. The first-order valence-corrected chi connectivity index (χ1v) is 11.6. The van der Waals surface area contributed by atoms with Crippen molar-refractivity contribution in [3.05, 3.63) is 53.1 Å². The minimum Gasteiger partial charge on any atom is -0.370 e. The van der Waals surface area contributed by atoms with Gasteiger partial charge in [-0.05, 0) is 68.6 Å². The van der Waals surface area contributed by atoms with Crippen LogP contribution in [0.25, 0.3) is 0 Å². The molecule has 2 aromatic rings. The van der Waals surface area contributed by atoms with Gasteiger partial charge in [-0.15, -0.1) is 0 Å². The quantitative estimate of drug-likeness (QED) is 0.693. The molecule has 8 heteroatoms. The van der Waals surface area contributed by atoms with E-state index in [0.29, 0.717) is 17.9 Å². The summed E-state index contributed by atoms with van der Waals surface area (Å²) in [5, 5.41) is 3.58. The highest BCUT2D eigenvalue weighted by atomic mass is 35.5. The first-order valence-electron chi connectivity index (χ1n) is 9.76. The van der Waals surface area contributed by atoms with E-state index < -0.39 is 10.0 Å². The maximum absolute atomic E-state index is 12.5. The second-order valence-corrected chi connectivity index (χ2v) is 9.43. The highest BCUT2D eigenvalue weighted by Crippen LogP contribution is 2.31. The molecule has 1 saturated heterocycles. The molecule has 2 aromatic carbocycles. The smallest absolute Gasteiger partial charge is 0.240 e. The monoisotopic (exact) mass is 435 g/mol. The molecule has 1 fully saturated rings. The number of anilines is 2. The molecule has 0 bridgehead atoms. The summed E-state index contributed by atoms with van der Waals surface area (Å²) >= 11 is 6.15. The summed E-state index contributed by atoms with van der Waals surface area (Å²) in [7, 11) is -2.08. The van der Waals surface area contributed by atoms with Gasteiger partial charge >= 0.3 is 0 Å². The first-order chi connectivity index (χ1) is 13.9. The maximum Gasteiger partial charge on any atom is 0.240 e. The number of benzene rings is 2. The van der Waals surface area contributed by atoms with E-state index in [2.05, 4.69) is 14.9 Å². The lowest BCUT2D eigenvalue weighted by atomic mass is 10.1. The third-order valence-corrected chi connectivity index (χ3v) is 6.74. The molecular formula is C21H26ClN3O3S. The zero-order valence-electron chi connectivity index (χ0n) is 16.4. The molecular weight excluding hydrogens is 410 g/mol. The Bertz CT molecular complexity index is 956. The highest BCUT2D eigenvalue weighted by Gasteiger charge is 2.16. The summed E-state index contributed by atoms with van der Waals surface area (Å²) < 4.78 is 25.8. The van der Waals surface area contributed by atoms with Gasteiger partial charge in [-0.25, -0.2) is 13.1 Å². The number of carbonyl (C=O) groups is 1. The van der Waals surface area contributed by atoms with E-state index in [1.54, 1.807) is 30.3 Å². The molecule has 1 aliphatic rings. The maximum atomic E-state index is 12.5. The molecule has 29 heavy (non-hydrogen) atoms. The molecule has 1 amide bonds. The Morgan fingerprint density at radius 2 is 1.76 bits per heavy atom. The summed E-state index contributed by atoms with van der Waals surface area (Å²) in [5.41, 5.74) is 2.64. The normalized spacial score (nSPS) is 14.6. The van der Waals surface area contributed by atoms with Crippen molar-refractivity contribution in [1.82, 2.24) is 4.72 Å². The molecule has 3 rings (SSSR count). The van der Waals surface area contributed by atoms with Gasteiger partial charge in [0.05, 0.1) is 16.3 Å². The molecule has 0 saturated carbocycles. The predicted molar refractivity (Wildman–Crippen MR) is 117 cm³/mol. The minimum absolute atomic E-state index is 0.0996. The van der Waals surface area contributed by atoms with Crippen LogP contribution < -0.4 is 14.9 Å². The van der Waals surface area contributed by atoms with Crippen LogP contribution in [0.1, 0.15) is 31.2 Å².